The third kappa shape index (κ3) is 10.5. The van der Waals surface area contributed by atoms with Gasteiger partial charge < -0.3 is 9.29 Å². The van der Waals surface area contributed by atoms with E-state index in [1.165, 1.54) is 51.0 Å². The molecular weight excluding hydrogens is 407 g/mol. The Morgan fingerprint density at radius 2 is 1.33 bits per heavy atom. The fourth-order valence-electron chi connectivity index (χ4n) is 3.47. The molecule has 0 saturated heterocycles. The first-order valence-electron chi connectivity index (χ1n) is 10.8. The van der Waals surface area contributed by atoms with Gasteiger partial charge in [-0.2, -0.15) is 0 Å². The molecule has 0 spiro atoms. The average Bonchev–Trinajstić information content (AvgIpc) is 2.70. The van der Waals surface area contributed by atoms with Gasteiger partial charge in [-0.05, 0) is 42.7 Å². The molecule has 0 bridgehead atoms. The van der Waals surface area contributed by atoms with Gasteiger partial charge in [-0.3, -0.25) is 0 Å². The Morgan fingerprint density at radius 1 is 0.767 bits per heavy atom. The Bertz CT molecular complexity index is 822. The fraction of sp³-hybridized carbons (Fsp3) is 0.500. The average molecular weight is 441 g/mol. The summed E-state index contributed by atoms with van der Waals surface area (Å²) in [5.41, 5.74) is 0.583. The Balaban J connectivity index is 0.00000450. The summed E-state index contributed by atoms with van der Waals surface area (Å²) in [5.74, 6) is 0.960. The monoisotopic (exact) mass is 440 g/mol. The van der Waals surface area contributed by atoms with E-state index in [4.69, 9.17) is 4.74 Å². The Hall–Kier alpha value is -0.850. The van der Waals surface area contributed by atoms with E-state index in [2.05, 4.69) is 6.92 Å². The molecule has 0 aromatic heterocycles. The Kier molecular flexibility index (Phi) is 13.6. The number of rotatable bonds is 14. The van der Waals surface area contributed by atoms with E-state index in [1.807, 2.05) is 18.2 Å². The van der Waals surface area contributed by atoms with Crippen molar-refractivity contribution in [3.05, 3.63) is 54.1 Å². The minimum Gasteiger partial charge on any atom is -0.744 e. The zero-order valence-corrected chi connectivity index (χ0v) is 21.3. The molecule has 0 aliphatic carbocycles. The smallest absolute Gasteiger partial charge is 0.744 e. The van der Waals surface area contributed by atoms with Gasteiger partial charge in [0.1, 0.15) is 21.6 Å². The summed E-state index contributed by atoms with van der Waals surface area (Å²) >= 11 is 0. The van der Waals surface area contributed by atoms with Crippen LogP contribution in [0.3, 0.4) is 0 Å². The molecule has 30 heavy (non-hydrogen) atoms. The van der Waals surface area contributed by atoms with Crippen LogP contribution in [0.25, 0.3) is 0 Å². The summed E-state index contributed by atoms with van der Waals surface area (Å²) in [5, 5.41) is 0. The van der Waals surface area contributed by atoms with Crippen molar-refractivity contribution >= 4 is 10.1 Å². The number of benzene rings is 2. The van der Waals surface area contributed by atoms with Gasteiger partial charge >= 0.3 is 29.6 Å². The van der Waals surface area contributed by atoms with Crippen molar-refractivity contribution in [2.45, 2.75) is 82.4 Å². The first-order valence-corrected chi connectivity index (χ1v) is 12.2. The van der Waals surface area contributed by atoms with Gasteiger partial charge in [0.05, 0.1) is 4.90 Å². The van der Waals surface area contributed by atoms with Crippen LogP contribution in [-0.4, -0.2) is 13.0 Å². The minimum atomic E-state index is -4.54. The van der Waals surface area contributed by atoms with Crippen molar-refractivity contribution in [1.29, 1.82) is 0 Å². The summed E-state index contributed by atoms with van der Waals surface area (Å²) in [4.78, 5) is -0.165. The maximum absolute atomic E-state index is 11.7. The second kappa shape index (κ2) is 15.0. The molecule has 0 radical (unpaired) electrons. The SMILES string of the molecule is CCCCCCCCCCCCc1ccc(Oc2ccccc2)cc1S(=O)(=O)[O-].[Na+]. The summed E-state index contributed by atoms with van der Waals surface area (Å²) in [6, 6.07) is 13.9. The molecule has 0 amide bonds. The maximum atomic E-state index is 11.7. The van der Waals surface area contributed by atoms with Gasteiger partial charge in [-0.1, -0.05) is 89.0 Å². The predicted molar refractivity (Wildman–Crippen MR) is 116 cm³/mol. The first kappa shape index (κ1) is 27.2. The molecule has 0 fully saturated rings. The number of hydrogen-bond acceptors (Lipinski definition) is 4. The van der Waals surface area contributed by atoms with Crippen molar-refractivity contribution in [3.63, 3.8) is 0 Å². The van der Waals surface area contributed by atoms with Crippen LogP contribution >= 0.6 is 0 Å². The van der Waals surface area contributed by atoms with E-state index < -0.39 is 10.1 Å². The molecule has 0 N–H and O–H groups in total. The van der Waals surface area contributed by atoms with Gasteiger partial charge in [0.2, 0.25) is 0 Å². The van der Waals surface area contributed by atoms with Crippen molar-refractivity contribution in [1.82, 2.24) is 0 Å². The van der Waals surface area contributed by atoms with Gasteiger partial charge in [0.25, 0.3) is 0 Å². The molecule has 0 saturated carbocycles. The zero-order chi connectivity index (χ0) is 21.0. The van der Waals surface area contributed by atoms with Crippen molar-refractivity contribution in [2.24, 2.45) is 0 Å². The van der Waals surface area contributed by atoms with Crippen LogP contribution in [0.15, 0.2) is 53.4 Å². The normalized spacial score (nSPS) is 11.1. The molecule has 0 unspecified atom stereocenters. The molecule has 6 heteroatoms. The third-order valence-corrected chi connectivity index (χ3v) is 6.01. The molecule has 2 aromatic rings. The van der Waals surface area contributed by atoms with Crippen LogP contribution in [0, 0.1) is 0 Å². The van der Waals surface area contributed by atoms with Gasteiger partial charge in [-0.25, -0.2) is 8.42 Å². The fourth-order valence-corrected chi connectivity index (χ4v) is 4.22. The van der Waals surface area contributed by atoms with E-state index in [-0.39, 0.29) is 34.5 Å². The van der Waals surface area contributed by atoms with E-state index in [1.54, 1.807) is 24.3 Å². The Labute approximate surface area is 204 Å². The van der Waals surface area contributed by atoms with E-state index in [0.29, 0.717) is 23.5 Å². The topological polar surface area (TPSA) is 66.4 Å². The van der Waals surface area contributed by atoms with Crippen LogP contribution in [0.2, 0.25) is 0 Å². The van der Waals surface area contributed by atoms with E-state index in [9.17, 15) is 13.0 Å². The van der Waals surface area contributed by atoms with Crippen molar-refractivity contribution in [2.75, 3.05) is 0 Å². The number of hydrogen-bond donors (Lipinski definition) is 0. The second-order valence-electron chi connectivity index (χ2n) is 7.57. The number of para-hydroxylation sites is 1. The molecule has 2 aromatic carbocycles. The van der Waals surface area contributed by atoms with Crippen LogP contribution in [0.4, 0.5) is 0 Å². The molecule has 0 aliphatic rings. The van der Waals surface area contributed by atoms with Crippen LogP contribution in [-0.2, 0) is 16.5 Å². The van der Waals surface area contributed by atoms with E-state index >= 15 is 0 Å². The van der Waals surface area contributed by atoms with E-state index in [0.717, 1.165) is 19.3 Å². The zero-order valence-electron chi connectivity index (χ0n) is 18.4. The predicted octanol–water partition coefficient (Wildman–Crippen LogP) is 3.85. The third-order valence-electron chi connectivity index (χ3n) is 5.09. The number of aryl methyl sites for hydroxylation is 1. The molecule has 0 atom stereocenters. The Morgan fingerprint density at radius 3 is 1.90 bits per heavy atom. The van der Waals surface area contributed by atoms with Crippen molar-refractivity contribution < 1.29 is 47.3 Å². The number of ether oxygens (including phenoxy) is 1. The van der Waals surface area contributed by atoms with Crippen molar-refractivity contribution in [3.8, 4) is 11.5 Å². The van der Waals surface area contributed by atoms with Crippen LogP contribution in [0.1, 0.15) is 76.7 Å². The first-order chi connectivity index (χ1) is 14.0. The molecule has 0 heterocycles. The number of unbranched alkanes of at least 4 members (excludes halogenated alkanes) is 9. The maximum Gasteiger partial charge on any atom is 1.00 e. The quantitative estimate of drug-likeness (QED) is 0.254. The van der Waals surface area contributed by atoms with Crippen LogP contribution < -0.4 is 34.3 Å². The summed E-state index contributed by atoms with van der Waals surface area (Å²) < 4.78 is 40.9. The molecular formula is C24H33NaO4S. The minimum absolute atomic E-state index is 0. The molecule has 0 aliphatic heterocycles. The van der Waals surface area contributed by atoms with Crippen LogP contribution in [0.5, 0.6) is 11.5 Å². The molecule has 4 nitrogen and oxygen atoms in total. The second-order valence-corrected chi connectivity index (χ2v) is 8.92. The van der Waals surface area contributed by atoms with Gasteiger partial charge in [-0.15, -0.1) is 0 Å². The summed E-state index contributed by atoms with van der Waals surface area (Å²) in [7, 11) is -4.54. The summed E-state index contributed by atoms with van der Waals surface area (Å²) in [6.07, 6.45) is 12.8. The van der Waals surface area contributed by atoms with Gasteiger partial charge in [0, 0.05) is 0 Å². The van der Waals surface area contributed by atoms with Gasteiger partial charge in [0.15, 0.2) is 0 Å². The summed E-state index contributed by atoms with van der Waals surface area (Å²) in [6.45, 7) is 2.23. The largest absolute Gasteiger partial charge is 1.00 e. The standard InChI is InChI=1S/C24H34O4S.Na/c1-2-3-4-5-6-7-8-9-10-12-15-21-18-19-23(20-24(21)29(25,26)27)28-22-16-13-11-14-17-22;/h11,13-14,16-20H,2-10,12,15H2,1H3,(H,25,26,27);/q;+1/p-1. The molecule has 160 valence electrons. The molecule has 2 rings (SSSR count).